The zero-order valence-electron chi connectivity index (χ0n) is 14.2. The summed E-state index contributed by atoms with van der Waals surface area (Å²) in [5.74, 6) is 0. The van der Waals surface area contributed by atoms with Gasteiger partial charge in [-0.25, -0.2) is 4.68 Å². The van der Waals surface area contributed by atoms with E-state index in [1.165, 1.54) is 0 Å². The molecule has 116 valence electrons. The molecule has 20 heavy (non-hydrogen) atoms. The highest BCUT2D eigenvalue weighted by Crippen LogP contribution is 2.22. The van der Waals surface area contributed by atoms with Crippen molar-refractivity contribution in [3.05, 3.63) is 11.9 Å². The maximum Gasteiger partial charge on any atom is 0.0827 e. The van der Waals surface area contributed by atoms with E-state index in [0.717, 1.165) is 31.6 Å². The van der Waals surface area contributed by atoms with Crippen LogP contribution in [0.2, 0.25) is 0 Å². The van der Waals surface area contributed by atoms with Gasteiger partial charge in [0.1, 0.15) is 0 Å². The third-order valence-electron chi connectivity index (χ3n) is 3.46. The third kappa shape index (κ3) is 6.04. The van der Waals surface area contributed by atoms with Crippen molar-refractivity contribution in [1.82, 2.24) is 15.0 Å². The van der Waals surface area contributed by atoms with Gasteiger partial charge in [-0.15, -0.1) is 5.10 Å². The molecule has 0 atom stereocenters. The molecule has 0 unspecified atom stereocenters. The van der Waals surface area contributed by atoms with Gasteiger partial charge in [-0.3, -0.25) is 0 Å². The molecule has 1 aromatic heterocycles. The number of hydrogen-bond acceptors (Lipinski definition) is 3. The Hall–Kier alpha value is -0.900. The van der Waals surface area contributed by atoms with E-state index in [1.54, 1.807) is 0 Å². The van der Waals surface area contributed by atoms with E-state index in [9.17, 15) is 0 Å². The number of aryl methyl sites for hydroxylation is 1. The van der Waals surface area contributed by atoms with E-state index < -0.39 is 0 Å². The first-order valence-electron chi connectivity index (χ1n) is 7.63. The maximum atomic E-state index is 5.64. The molecule has 0 aliphatic rings. The lowest BCUT2D eigenvalue weighted by Crippen LogP contribution is -2.29. The summed E-state index contributed by atoms with van der Waals surface area (Å²) >= 11 is 0. The van der Waals surface area contributed by atoms with Gasteiger partial charge in [-0.05, 0) is 52.4 Å². The minimum absolute atomic E-state index is 0.0537. The molecule has 1 aromatic rings. The maximum absolute atomic E-state index is 5.64. The predicted octanol–water partition coefficient (Wildman–Crippen LogP) is 3.81. The molecule has 0 aliphatic heterocycles. The number of aromatic nitrogens is 3. The summed E-state index contributed by atoms with van der Waals surface area (Å²) in [6, 6.07) is 0. The van der Waals surface area contributed by atoms with Crippen LogP contribution in [0.15, 0.2) is 6.20 Å². The summed E-state index contributed by atoms with van der Waals surface area (Å²) in [6.45, 7) is 16.0. The van der Waals surface area contributed by atoms with Gasteiger partial charge >= 0.3 is 0 Å². The minimum Gasteiger partial charge on any atom is -0.379 e. The first-order chi connectivity index (χ1) is 9.10. The Labute approximate surface area is 123 Å². The van der Waals surface area contributed by atoms with E-state index in [1.807, 2.05) is 4.68 Å². The van der Waals surface area contributed by atoms with Crippen LogP contribution in [0.3, 0.4) is 0 Å². The van der Waals surface area contributed by atoms with Crippen LogP contribution >= 0.6 is 0 Å². The Balaban J connectivity index is 2.56. The summed E-state index contributed by atoms with van der Waals surface area (Å²) in [6.07, 6.45) is 5.42. The van der Waals surface area contributed by atoms with E-state index in [2.05, 4.69) is 65.0 Å². The molecule has 0 N–H and O–H groups in total. The monoisotopic (exact) mass is 281 g/mol. The highest BCUT2D eigenvalue weighted by Gasteiger charge is 2.22. The Morgan fingerprint density at radius 1 is 1.15 bits per heavy atom. The molecule has 4 heteroatoms. The largest absolute Gasteiger partial charge is 0.379 e. The quantitative estimate of drug-likeness (QED) is 0.763. The average molecular weight is 281 g/mol. The fraction of sp³-hybridized carbons (Fsp3) is 0.875. The molecular weight excluding hydrogens is 250 g/mol. The van der Waals surface area contributed by atoms with Crippen LogP contribution in [0, 0.1) is 5.41 Å². The summed E-state index contributed by atoms with van der Waals surface area (Å²) in [4.78, 5) is 0. The van der Waals surface area contributed by atoms with Gasteiger partial charge in [0.25, 0.3) is 0 Å². The normalized spacial score (nSPS) is 13.2. The molecule has 0 saturated heterocycles. The Bertz CT molecular complexity index is 402. The van der Waals surface area contributed by atoms with Gasteiger partial charge in [-0.2, -0.15) is 0 Å². The van der Waals surface area contributed by atoms with Gasteiger partial charge in [0.2, 0.25) is 0 Å². The molecule has 0 amide bonds. The summed E-state index contributed by atoms with van der Waals surface area (Å²) in [7, 11) is 0. The van der Waals surface area contributed by atoms with Crippen molar-refractivity contribution < 1.29 is 4.74 Å². The van der Waals surface area contributed by atoms with E-state index >= 15 is 0 Å². The molecule has 0 radical (unpaired) electrons. The third-order valence-corrected chi connectivity index (χ3v) is 3.46. The molecule has 0 aliphatic carbocycles. The van der Waals surface area contributed by atoms with Crippen LogP contribution in [-0.2, 0) is 16.7 Å². The van der Waals surface area contributed by atoms with Gasteiger partial charge in [0.05, 0.1) is 17.3 Å². The predicted molar refractivity (Wildman–Crippen MR) is 82.8 cm³/mol. The van der Waals surface area contributed by atoms with Crippen LogP contribution in [0.25, 0.3) is 0 Å². The van der Waals surface area contributed by atoms with Crippen molar-refractivity contribution in [2.24, 2.45) is 5.41 Å². The van der Waals surface area contributed by atoms with Crippen molar-refractivity contribution in [3.63, 3.8) is 0 Å². The zero-order chi connectivity index (χ0) is 15.4. The van der Waals surface area contributed by atoms with E-state index in [0.29, 0.717) is 5.41 Å². The second-order valence-electron chi connectivity index (χ2n) is 7.70. The summed E-state index contributed by atoms with van der Waals surface area (Å²) in [5.41, 5.74) is 1.37. The van der Waals surface area contributed by atoms with Gasteiger partial charge in [0.15, 0.2) is 0 Å². The van der Waals surface area contributed by atoms with Crippen molar-refractivity contribution in [2.75, 3.05) is 6.61 Å². The molecular formula is C16H31N3O. The molecule has 0 aromatic carbocycles. The van der Waals surface area contributed by atoms with Crippen LogP contribution < -0.4 is 0 Å². The zero-order valence-corrected chi connectivity index (χ0v) is 14.2. The second kappa shape index (κ2) is 6.70. The average Bonchev–Trinajstić information content (AvgIpc) is 2.73. The molecule has 0 fully saturated rings. The summed E-state index contributed by atoms with van der Waals surface area (Å²) < 4.78 is 7.62. The number of rotatable bonds is 7. The highest BCUT2D eigenvalue weighted by atomic mass is 16.5. The fourth-order valence-corrected chi connectivity index (χ4v) is 1.87. The standard InChI is InChI=1S/C16H31N3O/c1-13(2)20-11-10-16(6,7)19-12-14(17-18-19)8-9-15(3,4)5/h12-13H,8-11H2,1-7H3. The topological polar surface area (TPSA) is 39.9 Å². The molecule has 0 bridgehead atoms. The van der Waals surface area contributed by atoms with Crippen molar-refractivity contribution in [3.8, 4) is 0 Å². The van der Waals surface area contributed by atoms with E-state index in [4.69, 9.17) is 4.74 Å². The number of nitrogens with zero attached hydrogens (tertiary/aromatic N) is 3. The molecule has 1 rings (SSSR count). The van der Waals surface area contributed by atoms with Crippen LogP contribution in [0.4, 0.5) is 0 Å². The second-order valence-corrected chi connectivity index (χ2v) is 7.70. The molecule has 0 saturated carbocycles. The van der Waals surface area contributed by atoms with Crippen LogP contribution in [0.1, 0.15) is 67.0 Å². The minimum atomic E-state index is -0.0537. The highest BCUT2D eigenvalue weighted by molar-refractivity contribution is 4.96. The van der Waals surface area contributed by atoms with Gasteiger partial charge < -0.3 is 4.74 Å². The Morgan fingerprint density at radius 3 is 2.35 bits per heavy atom. The Morgan fingerprint density at radius 2 is 1.80 bits per heavy atom. The molecule has 4 nitrogen and oxygen atoms in total. The first-order valence-corrected chi connectivity index (χ1v) is 7.63. The lowest BCUT2D eigenvalue weighted by molar-refractivity contribution is 0.0568. The van der Waals surface area contributed by atoms with Crippen LogP contribution in [0.5, 0.6) is 0 Å². The molecule has 1 heterocycles. The fourth-order valence-electron chi connectivity index (χ4n) is 1.87. The van der Waals surface area contributed by atoms with E-state index in [-0.39, 0.29) is 11.6 Å². The van der Waals surface area contributed by atoms with Gasteiger partial charge in [0, 0.05) is 12.8 Å². The number of ether oxygens (including phenoxy) is 1. The van der Waals surface area contributed by atoms with Crippen molar-refractivity contribution in [2.45, 2.75) is 79.4 Å². The smallest absolute Gasteiger partial charge is 0.0827 e. The Kier molecular flexibility index (Phi) is 5.75. The molecule has 0 spiro atoms. The number of hydrogen-bond donors (Lipinski definition) is 0. The lowest BCUT2D eigenvalue weighted by atomic mass is 9.90. The lowest BCUT2D eigenvalue weighted by Gasteiger charge is -2.25. The van der Waals surface area contributed by atoms with Gasteiger partial charge in [-0.1, -0.05) is 26.0 Å². The SMILES string of the molecule is CC(C)OCCC(C)(C)n1cc(CCC(C)(C)C)nn1. The first kappa shape index (κ1) is 17.2. The van der Waals surface area contributed by atoms with Crippen LogP contribution in [-0.4, -0.2) is 27.7 Å². The van der Waals surface area contributed by atoms with Crippen molar-refractivity contribution in [1.29, 1.82) is 0 Å². The summed E-state index contributed by atoms with van der Waals surface area (Å²) in [5, 5.41) is 8.60. The van der Waals surface area contributed by atoms with Crippen molar-refractivity contribution >= 4 is 0 Å².